The Kier molecular flexibility index (Phi) is 20.4. The molecule has 0 amide bonds. The van der Waals surface area contributed by atoms with Gasteiger partial charge in [-0.25, -0.2) is 0 Å². The van der Waals surface area contributed by atoms with Gasteiger partial charge in [0, 0.05) is 12.0 Å². The van der Waals surface area contributed by atoms with Crippen LogP contribution in [0.25, 0.3) is 0 Å². The quantitative estimate of drug-likeness (QED) is 0.159. The van der Waals surface area contributed by atoms with E-state index in [0.717, 1.165) is 17.6 Å². The molecule has 2 aromatic carbocycles. The molecule has 0 aromatic heterocycles. The molecule has 40 heavy (non-hydrogen) atoms. The van der Waals surface area contributed by atoms with Crippen LogP contribution < -0.4 is 0 Å². The van der Waals surface area contributed by atoms with Gasteiger partial charge >= 0.3 is 0 Å². The van der Waals surface area contributed by atoms with E-state index in [2.05, 4.69) is 36.1 Å². The summed E-state index contributed by atoms with van der Waals surface area (Å²) < 4.78 is 33.0. The number of hydrogen-bond donors (Lipinski definition) is 2. The van der Waals surface area contributed by atoms with Crippen LogP contribution in [0.5, 0.6) is 0 Å². The smallest absolute Gasteiger partial charge is 0.108 e. The Morgan fingerprint density at radius 3 is 1.50 bits per heavy atom. The van der Waals surface area contributed by atoms with E-state index in [9.17, 15) is 0 Å². The zero-order chi connectivity index (χ0) is 28.4. The molecular weight excluding hydrogens is 512 g/mol. The van der Waals surface area contributed by atoms with Crippen molar-refractivity contribution in [2.75, 3.05) is 92.5 Å². The molecule has 0 spiro atoms. The van der Waals surface area contributed by atoms with Gasteiger partial charge in [0.05, 0.1) is 85.9 Å². The first-order chi connectivity index (χ1) is 19.8. The summed E-state index contributed by atoms with van der Waals surface area (Å²) in [6.07, 6.45) is 1.44. The van der Waals surface area contributed by atoms with Gasteiger partial charge in [-0.05, 0) is 23.1 Å². The molecule has 0 atom stereocenters. The SMILES string of the molecule is OCCOCCOCCOCC#C/C(Cc1ccccc1)=C(/COCCOCCOCCO)Cc1ccccc1. The molecule has 0 aliphatic carbocycles. The number of allylic oxidation sites excluding steroid dienone is 1. The summed E-state index contributed by atoms with van der Waals surface area (Å²) in [5, 5.41) is 17.5. The van der Waals surface area contributed by atoms with E-state index < -0.39 is 0 Å². The molecule has 0 radical (unpaired) electrons. The first kappa shape index (κ1) is 33.6. The van der Waals surface area contributed by atoms with Crippen LogP contribution in [0, 0.1) is 11.8 Å². The Bertz CT molecular complexity index is 953. The fraction of sp³-hybridized carbons (Fsp3) is 0.500. The first-order valence-electron chi connectivity index (χ1n) is 13.8. The van der Waals surface area contributed by atoms with E-state index in [1.165, 1.54) is 11.1 Å². The summed E-state index contributed by atoms with van der Waals surface area (Å²) in [5.74, 6) is 6.54. The van der Waals surface area contributed by atoms with Crippen LogP contribution in [-0.2, 0) is 41.3 Å². The average Bonchev–Trinajstić information content (AvgIpc) is 2.99. The number of rotatable bonds is 23. The van der Waals surface area contributed by atoms with Gasteiger partial charge in [0.25, 0.3) is 0 Å². The molecule has 2 aromatic rings. The van der Waals surface area contributed by atoms with Crippen molar-refractivity contribution in [3.8, 4) is 11.8 Å². The van der Waals surface area contributed by atoms with Crippen molar-refractivity contribution in [3.05, 3.63) is 82.9 Å². The molecule has 0 heterocycles. The Morgan fingerprint density at radius 2 is 0.975 bits per heavy atom. The molecule has 8 nitrogen and oxygen atoms in total. The minimum atomic E-state index is 0.0109. The molecule has 8 heteroatoms. The predicted molar refractivity (Wildman–Crippen MR) is 154 cm³/mol. The van der Waals surface area contributed by atoms with E-state index >= 15 is 0 Å². The summed E-state index contributed by atoms with van der Waals surface area (Å²) in [6, 6.07) is 20.6. The van der Waals surface area contributed by atoms with Crippen LogP contribution in [-0.4, -0.2) is 103 Å². The van der Waals surface area contributed by atoms with Crippen LogP contribution in [0.15, 0.2) is 71.8 Å². The molecule has 0 aliphatic rings. The monoisotopic (exact) mass is 556 g/mol. The minimum Gasteiger partial charge on any atom is -0.394 e. The third-order valence-electron chi connectivity index (χ3n) is 5.56. The topological polar surface area (TPSA) is 95.8 Å². The molecule has 0 fully saturated rings. The second-order valence-electron chi connectivity index (χ2n) is 8.71. The highest BCUT2D eigenvalue weighted by Crippen LogP contribution is 2.17. The van der Waals surface area contributed by atoms with Crippen LogP contribution in [0.2, 0.25) is 0 Å². The zero-order valence-corrected chi connectivity index (χ0v) is 23.4. The summed E-state index contributed by atoms with van der Waals surface area (Å²) in [5.41, 5.74) is 4.53. The van der Waals surface area contributed by atoms with Crippen LogP contribution in [0.4, 0.5) is 0 Å². The third kappa shape index (κ3) is 17.2. The second kappa shape index (κ2) is 24.2. The molecule has 0 saturated heterocycles. The van der Waals surface area contributed by atoms with E-state index in [1.807, 2.05) is 36.4 Å². The van der Waals surface area contributed by atoms with Crippen molar-refractivity contribution in [3.63, 3.8) is 0 Å². The number of benzene rings is 2. The van der Waals surface area contributed by atoms with Crippen molar-refractivity contribution in [2.45, 2.75) is 12.8 Å². The summed E-state index contributed by atoms with van der Waals surface area (Å²) in [4.78, 5) is 0. The highest BCUT2D eigenvalue weighted by atomic mass is 16.6. The fourth-order valence-corrected chi connectivity index (χ4v) is 3.61. The molecule has 2 rings (SSSR count). The van der Waals surface area contributed by atoms with Gasteiger partial charge < -0.3 is 38.6 Å². The van der Waals surface area contributed by atoms with E-state index in [1.54, 1.807) is 0 Å². The Labute approximate surface area is 238 Å². The lowest BCUT2D eigenvalue weighted by Crippen LogP contribution is -2.13. The van der Waals surface area contributed by atoms with E-state index in [4.69, 9.17) is 38.6 Å². The molecule has 0 saturated carbocycles. The summed E-state index contributed by atoms with van der Waals surface area (Å²) in [6.45, 7) is 5.05. The molecule has 2 N–H and O–H groups in total. The summed E-state index contributed by atoms with van der Waals surface area (Å²) >= 11 is 0. The lowest BCUT2D eigenvalue weighted by Gasteiger charge is -2.14. The molecular formula is C32H44O8. The minimum absolute atomic E-state index is 0.0109. The van der Waals surface area contributed by atoms with Gasteiger partial charge in [0.2, 0.25) is 0 Å². The van der Waals surface area contributed by atoms with Gasteiger partial charge in [-0.1, -0.05) is 72.5 Å². The van der Waals surface area contributed by atoms with Crippen molar-refractivity contribution >= 4 is 0 Å². The number of aliphatic hydroxyl groups is 2. The van der Waals surface area contributed by atoms with E-state index in [-0.39, 0.29) is 13.2 Å². The lowest BCUT2D eigenvalue weighted by atomic mass is 9.96. The first-order valence-corrected chi connectivity index (χ1v) is 13.8. The predicted octanol–water partition coefficient (Wildman–Crippen LogP) is 2.86. The maximum absolute atomic E-state index is 8.76. The van der Waals surface area contributed by atoms with Crippen molar-refractivity contribution in [1.29, 1.82) is 0 Å². The normalized spacial score (nSPS) is 11.7. The van der Waals surface area contributed by atoms with Gasteiger partial charge in [-0.15, -0.1) is 0 Å². The molecule has 220 valence electrons. The van der Waals surface area contributed by atoms with Crippen molar-refractivity contribution in [2.24, 2.45) is 0 Å². The molecule has 0 bridgehead atoms. The van der Waals surface area contributed by atoms with Gasteiger partial charge in [0.1, 0.15) is 6.61 Å². The molecule has 0 aliphatic heterocycles. The number of hydrogen-bond acceptors (Lipinski definition) is 8. The largest absolute Gasteiger partial charge is 0.394 e. The van der Waals surface area contributed by atoms with Crippen LogP contribution >= 0.6 is 0 Å². The lowest BCUT2D eigenvalue weighted by molar-refractivity contribution is 0.0107. The Balaban J connectivity index is 1.97. The van der Waals surface area contributed by atoms with Crippen molar-refractivity contribution < 1.29 is 38.6 Å². The third-order valence-corrected chi connectivity index (χ3v) is 5.56. The molecule has 0 unspecified atom stereocenters. The standard InChI is InChI=1S/C32H44O8/c33-13-16-36-19-22-38-21-18-35-15-7-12-31(26-29-8-3-1-4-9-29)32(27-30-10-5-2-6-11-30)28-40-25-24-39-23-20-37-17-14-34/h1-6,8-11,33-34H,13-28H2/b32-31-. The Hall–Kier alpha value is -2.58. The van der Waals surface area contributed by atoms with Crippen molar-refractivity contribution in [1.82, 2.24) is 0 Å². The zero-order valence-electron chi connectivity index (χ0n) is 23.4. The maximum atomic E-state index is 8.76. The highest BCUT2D eigenvalue weighted by molar-refractivity contribution is 5.40. The van der Waals surface area contributed by atoms with Gasteiger partial charge in [-0.3, -0.25) is 0 Å². The van der Waals surface area contributed by atoms with Gasteiger partial charge in [-0.2, -0.15) is 0 Å². The maximum Gasteiger partial charge on any atom is 0.108 e. The summed E-state index contributed by atoms with van der Waals surface area (Å²) in [7, 11) is 0. The van der Waals surface area contributed by atoms with E-state index in [0.29, 0.717) is 85.7 Å². The van der Waals surface area contributed by atoms with Gasteiger partial charge in [0.15, 0.2) is 0 Å². The van der Waals surface area contributed by atoms with Crippen LogP contribution in [0.1, 0.15) is 11.1 Å². The fourth-order valence-electron chi connectivity index (χ4n) is 3.61. The highest BCUT2D eigenvalue weighted by Gasteiger charge is 2.09. The Morgan fingerprint density at radius 1 is 0.525 bits per heavy atom. The van der Waals surface area contributed by atoms with Crippen LogP contribution in [0.3, 0.4) is 0 Å². The number of ether oxygens (including phenoxy) is 6. The average molecular weight is 557 g/mol. The number of aliphatic hydroxyl groups excluding tert-OH is 2. The second-order valence-corrected chi connectivity index (χ2v) is 8.71.